The number of halogens is 1. The Balaban J connectivity index is 1.48. The molecule has 2 aromatic carbocycles. The van der Waals surface area contributed by atoms with Gasteiger partial charge in [-0.1, -0.05) is 35.6 Å². The number of nitrogens with zero attached hydrogens (tertiary/aromatic N) is 3. The minimum absolute atomic E-state index is 0.0166. The monoisotopic (exact) mass is 490 g/mol. The number of rotatable bonds is 4. The first kappa shape index (κ1) is 17.7. The van der Waals surface area contributed by atoms with E-state index < -0.39 is 0 Å². The van der Waals surface area contributed by atoms with Crippen molar-refractivity contribution in [3.05, 3.63) is 73.8 Å². The molecule has 0 spiro atoms. The molecular weight excluding hydrogens is 479 g/mol. The second kappa shape index (κ2) is 7.16. The molecule has 1 N–H and O–H groups in total. The number of hydrogen-bond acceptors (Lipinski definition) is 6. The van der Waals surface area contributed by atoms with Gasteiger partial charge in [-0.15, -0.1) is 10.2 Å². The summed E-state index contributed by atoms with van der Waals surface area (Å²) in [4.78, 5) is 38.3. The zero-order chi connectivity index (χ0) is 19.0. The average Bonchev–Trinajstić information content (AvgIpc) is 3.21. The van der Waals surface area contributed by atoms with E-state index in [1.807, 2.05) is 12.1 Å². The number of benzene rings is 2. The van der Waals surface area contributed by atoms with Crippen LogP contribution in [-0.4, -0.2) is 32.8 Å². The summed E-state index contributed by atoms with van der Waals surface area (Å²) >= 11 is 3.21. The van der Waals surface area contributed by atoms with Gasteiger partial charge in [0.15, 0.2) is 0 Å². The quantitative estimate of drug-likeness (QED) is 0.448. The first-order valence-electron chi connectivity index (χ1n) is 7.88. The summed E-state index contributed by atoms with van der Waals surface area (Å²) in [5.41, 5.74) is 1.31. The molecule has 134 valence electrons. The normalized spacial score (nSPS) is 13.0. The van der Waals surface area contributed by atoms with E-state index >= 15 is 0 Å². The third kappa shape index (κ3) is 3.35. The highest BCUT2D eigenvalue weighted by atomic mass is 127. The molecule has 4 rings (SSSR count). The lowest BCUT2D eigenvalue weighted by Gasteiger charge is -2.10. The van der Waals surface area contributed by atoms with Gasteiger partial charge in [0.2, 0.25) is 5.13 Å². The van der Waals surface area contributed by atoms with Crippen molar-refractivity contribution < 1.29 is 14.4 Å². The fourth-order valence-electron chi connectivity index (χ4n) is 2.70. The fourth-order valence-corrected chi connectivity index (χ4v) is 4.05. The zero-order valence-corrected chi connectivity index (χ0v) is 16.7. The van der Waals surface area contributed by atoms with E-state index in [0.29, 0.717) is 26.8 Å². The second-order valence-electron chi connectivity index (χ2n) is 5.68. The van der Waals surface area contributed by atoms with Gasteiger partial charge in [0.25, 0.3) is 17.7 Å². The van der Waals surface area contributed by atoms with Crippen LogP contribution in [-0.2, 0) is 6.54 Å². The lowest BCUT2D eigenvalue weighted by Crippen LogP contribution is -2.29. The van der Waals surface area contributed by atoms with Crippen molar-refractivity contribution in [2.45, 2.75) is 6.54 Å². The maximum atomic E-state index is 12.4. The minimum atomic E-state index is -0.352. The summed E-state index contributed by atoms with van der Waals surface area (Å²) in [5.74, 6) is -0.992. The predicted octanol–water partition coefficient (Wildman–Crippen LogP) is 3.19. The molecule has 0 unspecified atom stereocenters. The number of aromatic nitrogens is 2. The van der Waals surface area contributed by atoms with Gasteiger partial charge in [0.1, 0.15) is 5.01 Å². The number of nitrogens with one attached hydrogen (secondary N) is 1. The predicted molar refractivity (Wildman–Crippen MR) is 108 cm³/mol. The number of amides is 3. The first-order chi connectivity index (χ1) is 13.0. The maximum Gasteiger partial charge on any atom is 0.261 e. The van der Waals surface area contributed by atoms with Crippen molar-refractivity contribution in [3.8, 4) is 0 Å². The number of fused-ring (bicyclic) bond motifs is 1. The molecule has 0 aliphatic carbocycles. The highest BCUT2D eigenvalue weighted by molar-refractivity contribution is 14.1. The van der Waals surface area contributed by atoms with Crippen LogP contribution in [0.2, 0.25) is 0 Å². The smallest absolute Gasteiger partial charge is 0.261 e. The summed E-state index contributed by atoms with van der Waals surface area (Å²) < 4.78 is 0.823. The molecule has 0 fully saturated rings. The van der Waals surface area contributed by atoms with Crippen LogP contribution in [0.5, 0.6) is 0 Å². The van der Waals surface area contributed by atoms with Gasteiger partial charge in [-0.05, 0) is 46.9 Å². The topological polar surface area (TPSA) is 92.3 Å². The van der Waals surface area contributed by atoms with Crippen LogP contribution >= 0.6 is 33.9 Å². The molecule has 27 heavy (non-hydrogen) atoms. The van der Waals surface area contributed by atoms with E-state index in [1.165, 1.54) is 0 Å². The second-order valence-corrected chi connectivity index (χ2v) is 7.90. The van der Waals surface area contributed by atoms with E-state index in [1.54, 1.807) is 36.4 Å². The van der Waals surface area contributed by atoms with E-state index in [-0.39, 0.29) is 24.3 Å². The fraction of sp³-hybridized carbons (Fsp3) is 0.0556. The molecule has 0 atom stereocenters. The van der Waals surface area contributed by atoms with Crippen molar-refractivity contribution >= 4 is 56.8 Å². The third-order valence-corrected chi connectivity index (χ3v) is 5.74. The molecule has 1 aliphatic rings. The molecule has 3 aromatic rings. The summed E-state index contributed by atoms with van der Waals surface area (Å²) in [7, 11) is 0. The number of carbonyl (C=O) groups is 3. The lowest BCUT2D eigenvalue weighted by molar-refractivity contribution is 0.0641. The van der Waals surface area contributed by atoms with Crippen molar-refractivity contribution in [1.82, 2.24) is 15.1 Å². The van der Waals surface area contributed by atoms with Gasteiger partial charge in [0.05, 0.1) is 23.2 Å². The van der Waals surface area contributed by atoms with Crippen molar-refractivity contribution in [3.63, 3.8) is 0 Å². The summed E-state index contributed by atoms with van der Waals surface area (Å²) in [6.45, 7) is 0.0166. The van der Waals surface area contributed by atoms with Crippen molar-refractivity contribution in [2.24, 2.45) is 0 Å². The molecule has 0 bridgehead atoms. The van der Waals surface area contributed by atoms with Gasteiger partial charge in [0, 0.05) is 3.57 Å². The Morgan fingerprint density at radius 1 is 1.00 bits per heavy atom. The van der Waals surface area contributed by atoms with Crippen LogP contribution in [0, 0.1) is 3.57 Å². The van der Waals surface area contributed by atoms with Crippen LogP contribution in [0.1, 0.15) is 36.1 Å². The van der Waals surface area contributed by atoms with Crippen molar-refractivity contribution in [2.75, 3.05) is 5.32 Å². The minimum Gasteiger partial charge on any atom is -0.296 e. The average molecular weight is 490 g/mol. The van der Waals surface area contributed by atoms with Crippen LogP contribution in [0.4, 0.5) is 5.13 Å². The molecule has 0 saturated carbocycles. The molecule has 1 aliphatic heterocycles. The van der Waals surface area contributed by atoms with Gasteiger partial charge in [-0.2, -0.15) is 0 Å². The number of carbonyl (C=O) groups excluding carboxylic acids is 3. The number of anilines is 1. The van der Waals surface area contributed by atoms with Crippen LogP contribution in [0.3, 0.4) is 0 Å². The Bertz CT molecular complexity index is 1050. The van der Waals surface area contributed by atoms with E-state index in [2.05, 4.69) is 38.1 Å². The molecule has 7 nitrogen and oxygen atoms in total. The largest absolute Gasteiger partial charge is 0.296 e. The highest BCUT2D eigenvalue weighted by Gasteiger charge is 2.35. The molecule has 2 heterocycles. The third-order valence-electron chi connectivity index (χ3n) is 3.98. The molecule has 1 aromatic heterocycles. The lowest BCUT2D eigenvalue weighted by atomic mass is 10.1. The van der Waals surface area contributed by atoms with Gasteiger partial charge in [-0.25, -0.2) is 0 Å². The Morgan fingerprint density at radius 2 is 1.63 bits per heavy atom. The maximum absolute atomic E-state index is 12.4. The highest BCUT2D eigenvalue weighted by Crippen LogP contribution is 2.26. The molecule has 3 amide bonds. The standard InChI is InChI=1S/C18H11IN4O3S/c19-13-8-4-3-7-12(13)15(24)20-18-22-21-14(27-18)9-23-16(25)10-5-1-2-6-11(10)17(23)26/h1-8H,9H2,(H,20,22,24). The molecular formula is C18H11IN4O3S. The first-order valence-corrected chi connectivity index (χ1v) is 9.77. The number of imide groups is 1. The summed E-state index contributed by atoms with van der Waals surface area (Å²) in [6.07, 6.45) is 0. The summed E-state index contributed by atoms with van der Waals surface area (Å²) in [5, 5.41) is 11.4. The Kier molecular flexibility index (Phi) is 4.70. The number of hydrogen-bond donors (Lipinski definition) is 1. The van der Waals surface area contributed by atoms with E-state index in [9.17, 15) is 14.4 Å². The Morgan fingerprint density at radius 3 is 2.30 bits per heavy atom. The Labute approximate surface area is 171 Å². The summed E-state index contributed by atoms with van der Waals surface area (Å²) in [6, 6.07) is 13.9. The molecule has 0 radical (unpaired) electrons. The van der Waals surface area contributed by atoms with Gasteiger partial charge < -0.3 is 0 Å². The van der Waals surface area contributed by atoms with Crippen LogP contribution in [0.25, 0.3) is 0 Å². The molecule has 0 saturated heterocycles. The van der Waals surface area contributed by atoms with Crippen molar-refractivity contribution in [1.29, 1.82) is 0 Å². The van der Waals surface area contributed by atoms with Crippen LogP contribution in [0.15, 0.2) is 48.5 Å². The van der Waals surface area contributed by atoms with Crippen LogP contribution < -0.4 is 5.32 Å². The van der Waals surface area contributed by atoms with E-state index in [0.717, 1.165) is 19.8 Å². The van der Waals surface area contributed by atoms with Gasteiger partial charge >= 0.3 is 0 Å². The molecule has 9 heteroatoms. The zero-order valence-electron chi connectivity index (χ0n) is 13.7. The van der Waals surface area contributed by atoms with E-state index in [4.69, 9.17) is 0 Å². The van der Waals surface area contributed by atoms with Gasteiger partial charge in [-0.3, -0.25) is 24.6 Å². The SMILES string of the molecule is O=C(Nc1nnc(CN2C(=O)c3ccccc3C2=O)s1)c1ccccc1I. The Hall–Kier alpha value is -2.66.